The summed E-state index contributed by atoms with van der Waals surface area (Å²) in [6.07, 6.45) is 0. The van der Waals surface area contributed by atoms with Crippen LogP contribution in [0.1, 0.15) is 5.56 Å². The Morgan fingerprint density at radius 3 is 2.60 bits per heavy atom. The molecule has 0 bridgehead atoms. The lowest BCUT2D eigenvalue weighted by Gasteiger charge is -2.09. The van der Waals surface area contributed by atoms with Gasteiger partial charge >= 0.3 is 0 Å². The van der Waals surface area contributed by atoms with E-state index in [1.165, 1.54) is 0 Å². The largest absolute Gasteiger partial charge is 0.479 e. The summed E-state index contributed by atoms with van der Waals surface area (Å²) in [6, 6.07) is 15.2. The van der Waals surface area contributed by atoms with Crippen molar-refractivity contribution in [2.75, 3.05) is 11.9 Å². The van der Waals surface area contributed by atoms with Crippen LogP contribution in [0.2, 0.25) is 5.02 Å². The first-order valence-corrected chi connectivity index (χ1v) is 7.14. The first kappa shape index (κ1) is 14.7. The number of ether oxygens (including phenoxy) is 1. The van der Waals surface area contributed by atoms with Gasteiger partial charge in [0.15, 0.2) is 6.61 Å². The van der Waals surface area contributed by atoms with Crippen molar-refractivity contribution in [2.45, 2.75) is 6.54 Å². The maximum Gasteiger partial charge on any atom is 0.174 e. The van der Waals surface area contributed by atoms with E-state index in [1.54, 1.807) is 0 Å². The molecule has 0 saturated carbocycles. The third kappa shape index (κ3) is 4.16. The summed E-state index contributed by atoms with van der Waals surface area (Å²) in [6.45, 7) is 0.728. The molecule has 0 saturated heterocycles. The minimum atomic E-state index is 0.0616. The van der Waals surface area contributed by atoms with Crippen molar-refractivity contribution < 1.29 is 4.74 Å². The Hall–Kier alpha value is -1.70. The third-order valence-corrected chi connectivity index (χ3v) is 3.45. The Balaban J connectivity index is 1.95. The predicted octanol–water partition coefficient (Wildman–Crippen LogP) is 4.62. The molecule has 0 unspecified atom stereocenters. The molecule has 102 valence electrons. The summed E-state index contributed by atoms with van der Waals surface area (Å²) in [4.78, 5) is 0. The minimum absolute atomic E-state index is 0.0616. The molecule has 0 heterocycles. The van der Waals surface area contributed by atoms with Crippen molar-refractivity contribution >= 4 is 33.2 Å². The maximum absolute atomic E-state index is 8.44. The number of nitrogens with zero attached hydrogens (tertiary/aromatic N) is 1. The van der Waals surface area contributed by atoms with Crippen LogP contribution >= 0.6 is 27.5 Å². The molecule has 0 aliphatic heterocycles. The van der Waals surface area contributed by atoms with Crippen LogP contribution in [0.25, 0.3) is 0 Å². The highest BCUT2D eigenvalue weighted by Gasteiger charge is 2.01. The summed E-state index contributed by atoms with van der Waals surface area (Å²) in [7, 11) is 0. The molecule has 20 heavy (non-hydrogen) atoms. The van der Waals surface area contributed by atoms with Gasteiger partial charge in [-0.15, -0.1) is 0 Å². The number of benzene rings is 2. The highest BCUT2D eigenvalue weighted by Crippen LogP contribution is 2.26. The smallest absolute Gasteiger partial charge is 0.174 e. The topological polar surface area (TPSA) is 45.0 Å². The molecule has 0 fully saturated rings. The lowest BCUT2D eigenvalue weighted by Crippen LogP contribution is -2.00. The Morgan fingerprint density at radius 1 is 1.20 bits per heavy atom. The summed E-state index contributed by atoms with van der Waals surface area (Å²) in [5, 5.41) is 12.4. The van der Waals surface area contributed by atoms with Gasteiger partial charge in [-0.25, -0.2) is 0 Å². The fourth-order valence-electron chi connectivity index (χ4n) is 1.65. The Kier molecular flexibility index (Phi) is 5.28. The monoisotopic (exact) mass is 350 g/mol. The van der Waals surface area contributed by atoms with Crippen LogP contribution in [0.3, 0.4) is 0 Å². The van der Waals surface area contributed by atoms with E-state index < -0.39 is 0 Å². The molecular formula is C15H12BrClN2O. The molecule has 3 nitrogen and oxygen atoms in total. The molecule has 0 atom stereocenters. The van der Waals surface area contributed by atoms with E-state index in [1.807, 2.05) is 48.5 Å². The number of nitrogens with one attached hydrogen (secondary N) is 1. The van der Waals surface area contributed by atoms with Crippen LogP contribution in [0.15, 0.2) is 46.9 Å². The SMILES string of the molecule is N#CCOc1ccc(CNc2ccc(Br)cc2Cl)cc1. The first-order valence-electron chi connectivity index (χ1n) is 5.96. The summed E-state index contributed by atoms with van der Waals surface area (Å²) in [5.74, 6) is 0.692. The molecule has 0 aliphatic carbocycles. The second-order valence-corrected chi connectivity index (χ2v) is 5.39. The Bertz CT molecular complexity index is 623. The third-order valence-electron chi connectivity index (χ3n) is 2.64. The Morgan fingerprint density at radius 2 is 1.95 bits per heavy atom. The van der Waals surface area contributed by atoms with Crippen LogP contribution in [0.5, 0.6) is 5.75 Å². The second-order valence-electron chi connectivity index (χ2n) is 4.07. The van der Waals surface area contributed by atoms with Crippen molar-refractivity contribution in [3.63, 3.8) is 0 Å². The van der Waals surface area contributed by atoms with Crippen molar-refractivity contribution in [3.05, 3.63) is 57.5 Å². The lowest BCUT2D eigenvalue weighted by atomic mass is 10.2. The van der Waals surface area contributed by atoms with E-state index >= 15 is 0 Å². The van der Waals surface area contributed by atoms with Crippen LogP contribution in [0.4, 0.5) is 5.69 Å². The van der Waals surface area contributed by atoms with Crippen molar-refractivity contribution in [1.29, 1.82) is 5.26 Å². The van der Waals surface area contributed by atoms with E-state index in [-0.39, 0.29) is 6.61 Å². The van der Waals surface area contributed by atoms with Gasteiger partial charge in [-0.2, -0.15) is 5.26 Å². The quantitative estimate of drug-likeness (QED) is 0.855. The number of hydrogen-bond donors (Lipinski definition) is 1. The number of anilines is 1. The highest BCUT2D eigenvalue weighted by molar-refractivity contribution is 9.10. The van der Waals surface area contributed by atoms with E-state index in [2.05, 4.69) is 21.2 Å². The molecule has 0 amide bonds. The average molecular weight is 352 g/mol. The van der Waals surface area contributed by atoms with Crippen LogP contribution in [-0.4, -0.2) is 6.61 Å². The molecule has 0 spiro atoms. The van der Waals surface area contributed by atoms with Gasteiger partial charge in [0.05, 0.1) is 10.7 Å². The standard InChI is InChI=1S/C15H12BrClN2O/c16-12-3-6-15(14(17)9-12)19-10-11-1-4-13(5-2-11)20-8-7-18/h1-6,9,19H,8,10H2. The zero-order valence-electron chi connectivity index (χ0n) is 10.6. The van der Waals surface area contributed by atoms with Crippen molar-refractivity contribution in [1.82, 2.24) is 0 Å². The fourth-order valence-corrected chi connectivity index (χ4v) is 2.39. The summed E-state index contributed by atoms with van der Waals surface area (Å²) in [5.41, 5.74) is 1.99. The zero-order valence-corrected chi connectivity index (χ0v) is 12.9. The zero-order chi connectivity index (χ0) is 14.4. The molecule has 0 aliphatic rings. The lowest BCUT2D eigenvalue weighted by molar-refractivity contribution is 0.368. The van der Waals surface area contributed by atoms with Gasteiger partial charge in [0.1, 0.15) is 11.8 Å². The van der Waals surface area contributed by atoms with Crippen LogP contribution in [-0.2, 0) is 6.54 Å². The van der Waals surface area contributed by atoms with Gasteiger partial charge in [-0.3, -0.25) is 0 Å². The van der Waals surface area contributed by atoms with Gasteiger partial charge in [0, 0.05) is 11.0 Å². The van der Waals surface area contributed by atoms with Crippen molar-refractivity contribution in [2.24, 2.45) is 0 Å². The number of halogens is 2. The molecule has 0 aromatic heterocycles. The molecule has 2 aromatic rings. The van der Waals surface area contributed by atoms with E-state index in [0.717, 1.165) is 15.7 Å². The predicted molar refractivity (Wildman–Crippen MR) is 84.0 cm³/mol. The van der Waals surface area contributed by atoms with Gasteiger partial charge < -0.3 is 10.1 Å². The average Bonchev–Trinajstić information content (AvgIpc) is 2.45. The van der Waals surface area contributed by atoms with E-state index in [4.69, 9.17) is 21.6 Å². The fraction of sp³-hybridized carbons (Fsp3) is 0.133. The van der Waals surface area contributed by atoms with Gasteiger partial charge in [0.25, 0.3) is 0 Å². The molecule has 5 heteroatoms. The van der Waals surface area contributed by atoms with Crippen LogP contribution < -0.4 is 10.1 Å². The molecule has 2 aromatic carbocycles. The van der Waals surface area contributed by atoms with Gasteiger partial charge in [0.2, 0.25) is 0 Å². The van der Waals surface area contributed by atoms with Gasteiger partial charge in [-0.05, 0) is 35.9 Å². The minimum Gasteiger partial charge on any atom is -0.479 e. The summed E-state index contributed by atoms with van der Waals surface area (Å²) >= 11 is 9.51. The van der Waals surface area contributed by atoms with Crippen LogP contribution in [0, 0.1) is 11.3 Å². The molecule has 2 rings (SSSR count). The van der Waals surface area contributed by atoms with Crippen molar-refractivity contribution in [3.8, 4) is 11.8 Å². The normalized spacial score (nSPS) is 9.85. The van der Waals surface area contributed by atoms with E-state index in [0.29, 0.717) is 17.3 Å². The summed E-state index contributed by atoms with van der Waals surface area (Å²) < 4.78 is 6.15. The maximum atomic E-state index is 8.44. The number of nitriles is 1. The van der Waals surface area contributed by atoms with Gasteiger partial charge in [-0.1, -0.05) is 39.7 Å². The molecule has 1 N–H and O–H groups in total. The Labute approximate surface area is 131 Å². The highest BCUT2D eigenvalue weighted by atomic mass is 79.9. The first-order chi connectivity index (χ1) is 9.69. The van der Waals surface area contributed by atoms with E-state index in [9.17, 15) is 0 Å². The second kappa shape index (κ2) is 7.18. The molecule has 0 radical (unpaired) electrons. The molecular weight excluding hydrogens is 340 g/mol. The number of hydrogen-bond acceptors (Lipinski definition) is 3. The number of rotatable bonds is 5.